The van der Waals surface area contributed by atoms with Gasteiger partial charge in [-0.2, -0.15) is 0 Å². The van der Waals surface area contributed by atoms with Gasteiger partial charge >= 0.3 is 0 Å². The average molecular weight is 373 g/mol. The van der Waals surface area contributed by atoms with Crippen LogP contribution in [-0.4, -0.2) is 54.6 Å². The van der Waals surface area contributed by atoms with E-state index in [1.165, 1.54) is 0 Å². The fourth-order valence-corrected chi connectivity index (χ4v) is 3.44. The van der Waals surface area contributed by atoms with Crippen molar-refractivity contribution in [2.75, 3.05) is 32.8 Å². The molecule has 1 aliphatic heterocycles. The van der Waals surface area contributed by atoms with Gasteiger partial charge < -0.3 is 9.64 Å². The maximum atomic E-state index is 13.2. The quantitative estimate of drug-likeness (QED) is 0.775. The predicted octanol–water partition coefficient (Wildman–Crippen LogP) is 3.70. The predicted molar refractivity (Wildman–Crippen MR) is 104 cm³/mol. The third-order valence-corrected chi connectivity index (χ3v) is 4.92. The SMILES string of the molecule is CC(CN1CCOCC1)N(Cc1ccccc1)C(=O)c1cccc(Cl)c1. The van der Waals surface area contributed by atoms with Crippen molar-refractivity contribution in [1.29, 1.82) is 0 Å². The molecule has 0 spiro atoms. The molecule has 2 aromatic rings. The summed E-state index contributed by atoms with van der Waals surface area (Å²) in [6.45, 7) is 6.87. The second-order valence-corrected chi connectivity index (χ2v) is 7.13. The number of hydrogen-bond acceptors (Lipinski definition) is 3. The van der Waals surface area contributed by atoms with E-state index in [1.54, 1.807) is 12.1 Å². The van der Waals surface area contributed by atoms with Crippen LogP contribution in [0.2, 0.25) is 5.02 Å². The molecule has 1 atom stereocenters. The summed E-state index contributed by atoms with van der Waals surface area (Å²) in [5, 5.41) is 0.580. The number of morpholine rings is 1. The van der Waals surface area contributed by atoms with E-state index < -0.39 is 0 Å². The molecule has 0 aliphatic carbocycles. The molecule has 3 rings (SSSR count). The number of amides is 1. The van der Waals surface area contributed by atoms with E-state index in [0.29, 0.717) is 17.1 Å². The molecule has 2 aromatic carbocycles. The molecule has 0 saturated carbocycles. The van der Waals surface area contributed by atoms with Crippen LogP contribution in [0, 0.1) is 0 Å². The Bertz CT molecular complexity index is 717. The summed E-state index contributed by atoms with van der Waals surface area (Å²) in [6.07, 6.45) is 0. The highest BCUT2D eigenvalue weighted by molar-refractivity contribution is 6.30. The van der Waals surface area contributed by atoms with E-state index in [0.717, 1.165) is 38.4 Å². The van der Waals surface area contributed by atoms with Crippen LogP contribution in [-0.2, 0) is 11.3 Å². The zero-order valence-corrected chi connectivity index (χ0v) is 15.9. The number of carbonyl (C=O) groups excluding carboxylic acids is 1. The number of nitrogens with zero attached hydrogens (tertiary/aromatic N) is 2. The van der Waals surface area contributed by atoms with E-state index in [4.69, 9.17) is 16.3 Å². The highest BCUT2D eigenvalue weighted by Crippen LogP contribution is 2.17. The van der Waals surface area contributed by atoms with Gasteiger partial charge in [-0.1, -0.05) is 48.0 Å². The van der Waals surface area contributed by atoms with Crippen LogP contribution >= 0.6 is 11.6 Å². The van der Waals surface area contributed by atoms with Gasteiger partial charge in [0.1, 0.15) is 0 Å². The summed E-state index contributed by atoms with van der Waals surface area (Å²) >= 11 is 6.10. The van der Waals surface area contributed by atoms with Crippen molar-refractivity contribution in [2.45, 2.75) is 19.5 Å². The molecular weight excluding hydrogens is 348 g/mol. The standard InChI is InChI=1S/C21H25ClN2O2/c1-17(15-23-10-12-26-13-11-23)24(16-18-6-3-2-4-7-18)21(25)19-8-5-9-20(22)14-19/h2-9,14,17H,10-13,15-16H2,1H3. The number of ether oxygens (including phenoxy) is 1. The molecule has 1 unspecified atom stereocenters. The highest BCUT2D eigenvalue weighted by Gasteiger charge is 2.24. The minimum Gasteiger partial charge on any atom is -0.379 e. The minimum absolute atomic E-state index is 0.0112. The second-order valence-electron chi connectivity index (χ2n) is 6.69. The van der Waals surface area contributed by atoms with Crippen LogP contribution in [0.4, 0.5) is 0 Å². The Morgan fingerprint density at radius 3 is 2.58 bits per heavy atom. The van der Waals surface area contributed by atoms with Crippen molar-refractivity contribution in [2.24, 2.45) is 0 Å². The molecular formula is C21H25ClN2O2. The fraction of sp³-hybridized carbons (Fsp3) is 0.381. The first-order valence-corrected chi connectivity index (χ1v) is 9.42. The monoisotopic (exact) mass is 372 g/mol. The van der Waals surface area contributed by atoms with Gasteiger partial charge in [-0.05, 0) is 30.7 Å². The topological polar surface area (TPSA) is 32.8 Å². The van der Waals surface area contributed by atoms with Crippen LogP contribution in [0.15, 0.2) is 54.6 Å². The van der Waals surface area contributed by atoms with Crippen molar-refractivity contribution < 1.29 is 9.53 Å². The Hall–Kier alpha value is -1.88. The molecule has 138 valence electrons. The zero-order valence-electron chi connectivity index (χ0n) is 15.1. The fourth-order valence-electron chi connectivity index (χ4n) is 3.25. The Morgan fingerprint density at radius 1 is 1.15 bits per heavy atom. The van der Waals surface area contributed by atoms with Gasteiger partial charge in [0.15, 0.2) is 0 Å². The maximum absolute atomic E-state index is 13.2. The van der Waals surface area contributed by atoms with Gasteiger partial charge in [-0.15, -0.1) is 0 Å². The zero-order chi connectivity index (χ0) is 18.4. The van der Waals surface area contributed by atoms with E-state index in [1.807, 2.05) is 35.2 Å². The van der Waals surface area contributed by atoms with Crippen molar-refractivity contribution in [3.05, 3.63) is 70.7 Å². The summed E-state index contributed by atoms with van der Waals surface area (Å²) in [5.41, 5.74) is 1.75. The summed E-state index contributed by atoms with van der Waals surface area (Å²) in [7, 11) is 0. The minimum atomic E-state index is 0.0112. The molecule has 4 nitrogen and oxygen atoms in total. The van der Waals surface area contributed by atoms with Crippen LogP contribution in [0.1, 0.15) is 22.8 Å². The highest BCUT2D eigenvalue weighted by atomic mass is 35.5. The molecule has 26 heavy (non-hydrogen) atoms. The number of hydrogen-bond donors (Lipinski definition) is 0. The molecule has 1 aliphatic rings. The van der Waals surface area contributed by atoms with Crippen LogP contribution < -0.4 is 0 Å². The lowest BCUT2D eigenvalue weighted by atomic mass is 10.1. The third kappa shape index (κ3) is 5.07. The van der Waals surface area contributed by atoms with E-state index in [9.17, 15) is 4.79 Å². The normalized spacial score (nSPS) is 16.2. The molecule has 5 heteroatoms. The van der Waals surface area contributed by atoms with Crippen LogP contribution in [0.5, 0.6) is 0 Å². The number of carbonyl (C=O) groups is 1. The first-order valence-electron chi connectivity index (χ1n) is 9.04. The molecule has 0 radical (unpaired) electrons. The Labute approximate surface area is 160 Å². The second kappa shape index (κ2) is 9.17. The number of benzene rings is 2. The lowest BCUT2D eigenvalue weighted by molar-refractivity contribution is 0.0228. The van der Waals surface area contributed by atoms with Crippen molar-refractivity contribution in [3.8, 4) is 0 Å². The summed E-state index contributed by atoms with van der Waals surface area (Å²) in [6, 6.07) is 17.4. The molecule has 1 fully saturated rings. The van der Waals surface area contributed by atoms with Gasteiger partial charge in [-0.25, -0.2) is 0 Å². The molecule has 1 heterocycles. The third-order valence-electron chi connectivity index (χ3n) is 4.69. The summed E-state index contributed by atoms with van der Waals surface area (Å²) < 4.78 is 5.43. The Morgan fingerprint density at radius 2 is 1.88 bits per heavy atom. The van der Waals surface area contributed by atoms with Gasteiger partial charge in [0.25, 0.3) is 5.91 Å². The summed E-state index contributed by atoms with van der Waals surface area (Å²) in [5.74, 6) is 0.0112. The summed E-state index contributed by atoms with van der Waals surface area (Å²) in [4.78, 5) is 17.5. The largest absolute Gasteiger partial charge is 0.379 e. The number of rotatable bonds is 6. The van der Waals surface area contributed by atoms with E-state index in [-0.39, 0.29) is 11.9 Å². The maximum Gasteiger partial charge on any atom is 0.254 e. The first kappa shape index (κ1) is 18.9. The molecule has 1 saturated heterocycles. The molecule has 0 bridgehead atoms. The molecule has 1 amide bonds. The van der Waals surface area contributed by atoms with E-state index in [2.05, 4.69) is 24.0 Å². The average Bonchev–Trinajstić information content (AvgIpc) is 2.67. The van der Waals surface area contributed by atoms with Crippen molar-refractivity contribution in [1.82, 2.24) is 9.80 Å². The Balaban J connectivity index is 1.79. The Kier molecular flexibility index (Phi) is 6.67. The molecule has 0 aromatic heterocycles. The van der Waals surface area contributed by atoms with Gasteiger partial charge in [-0.3, -0.25) is 9.69 Å². The van der Waals surface area contributed by atoms with E-state index >= 15 is 0 Å². The van der Waals surface area contributed by atoms with Crippen LogP contribution in [0.25, 0.3) is 0 Å². The lowest BCUT2D eigenvalue weighted by Crippen LogP contribution is -2.48. The van der Waals surface area contributed by atoms with Crippen molar-refractivity contribution in [3.63, 3.8) is 0 Å². The van der Waals surface area contributed by atoms with Gasteiger partial charge in [0.05, 0.1) is 13.2 Å². The molecule has 0 N–H and O–H groups in total. The van der Waals surface area contributed by atoms with Gasteiger partial charge in [0, 0.05) is 42.8 Å². The van der Waals surface area contributed by atoms with Crippen molar-refractivity contribution >= 4 is 17.5 Å². The smallest absolute Gasteiger partial charge is 0.254 e. The van der Waals surface area contributed by atoms with Gasteiger partial charge in [0.2, 0.25) is 0 Å². The van der Waals surface area contributed by atoms with Crippen LogP contribution in [0.3, 0.4) is 0 Å². The lowest BCUT2D eigenvalue weighted by Gasteiger charge is -2.35. The first-order chi connectivity index (χ1) is 12.6. The number of halogens is 1.